The van der Waals surface area contributed by atoms with E-state index in [1.165, 1.54) is 0 Å². The molecule has 5 nitrogen and oxygen atoms in total. The Labute approximate surface area is 176 Å². The van der Waals surface area contributed by atoms with Gasteiger partial charge in [-0.05, 0) is 23.1 Å². The standard InChI is InChI=1S/C21H16Cl2FN5/c22-15-6-2-4-12-3-1-5-13(16(12)15)18-17(24)19-14(11-26-18)20(28-21(23)27-19)29-9-7-25-8-10-29/h1-6,11,25H,7-10H2. The Morgan fingerprint density at radius 3 is 2.55 bits per heavy atom. The van der Waals surface area contributed by atoms with Gasteiger partial charge in [0.15, 0.2) is 5.82 Å². The summed E-state index contributed by atoms with van der Waals surface area (Å²) >= 11 is 12.6. The van der Waals surface area contributed by atoms with Crippen LogP contribution >= 0.6 is 23.2 Å². The third-order valence-electron chi connectivity index (χ3n) is 5.16. The van der Waals surface area contributed by atoms with E-state index in [0.717, 1.165) is 37.0 Å². The van der Waals surface area contributed by atoms with Crippen molar-refractivity contribution in [2.45, 2.75) is 0 Å². The van der Waals surface area contributed by atoms with Gasteiger partial charge < -0.3 is 10.2 Å². The summed E-state index contributed by atoms with van der Waals surface area (Å²) in [6, 6.07) is 11.2. The van der Waals surface area contributed by atoms with Crippen molar-refractivity contribution in [3.05, 3.63) is 58.7 Å². The van der Waals surface area contributed by atoms with Crippen LogP contribution in [0.1, 0.15) is 0 Å². The maximum Gasteiger partial charge on any atom is 0.225 e. The topological polar surface area (TPSA) is 53.9 Å². The van der Waals surface area contributed by atoms with Gasteiger partial charge in [-0.25, -0.2) is 9.37 Å². The molecular formula is C21H16Cl2FN5. The number of pyridine rings is 1. The summed E-state index contributed by atoms with van der Waals surface area (Å²) < 4.78 is 15.7. The van der Waals surface area contributed by atoms with Gasteiger partial charge in [-0.2, -0.15) is 4.98 Å². The predicted molar refractivity (Wildman–Crippen MR) is 115 cm³/mol. The van der Waals surface area contributed by atoms with Crippen LogP contribution in [0.3, 0.4) is 0 Å². The van der Waals surface area contributed by atoms with E-state index in [9.17, 15) is 0 Å². The molecule has 0 aliphatic carbocycles. The molecule has 0 saturated carbocycles. The highest BCUT2D eigenvalue weighted by atomic mass is 35.5. The minimum atomic E-state index is -0.532. The van der Waals surface area contributed by atoms with Crippen LogP contribution in [-0.4, -0.2) is 41.1 Å². The van der Waals surface area contributed by atoms with E-state index in [2.05, 4.69) is 25.2 Å². The molecule has 2 aromatic heterocycles. The minimum Gasteiger partial charge on any atom is -0.353 e. The van der Waals surface area contributed by atoms with Crippen molar-refractivity contribution in [1.82, 2.24) is 20.3 Å². The number of hydrogen-bond acceptors (Lipinski definition) is 5. The highest BCUT2D eigenvalue weighted by molar-refractivity contribution is 6.36. The first-order valence-corrected chi connectivity index (χ1v) is 10.0. The van der Waals surface area contributed by atoms with Gasteiger partial charge in [0.2, 0.25) is 5.28 Å². The number of benzene rings is 2. The lowest BCUT2D eigenvalue weighted by Gasteiger charge is -2.29. The number of hydrogen-bond donors (Lipinski definition) is 1. The largest absolute Gasteiger partial charge is 0.353 e. The second-order valence-electron chi connectivity index (χ2n) is 6.88. The molecule has 1 aliphatic rings. The number of piperazine rings is 1. The van der Waals surface area contributed by atoms with Gasteiger partial charge in [-0.15, -0.1) is 0 Å². The Hall–Kier alpha value is -2.54. The van der Waals surface area contributed by atoms with Gasteiger partial charge in [-0.1, -0.05) is 41.9 Å². The maximum absolute atomic E-state index is 15.7. The molecule has 2 aromatic carbocycles. The summed E-state index contributed by atoms with van der Waals surface area (Å²) in [7, 11) is 0. The summed E-state index contributed by atoms with van der Waals surface area (Å²) in [4.78, 5) is 15.1. The molecule has 8 heteroatoms. The highest BCUT2D eigenvalue weighted by Gasteiger charge is 2.22. The Morgan fingerprint density at radius 1 is 1.00 bits per heavy atom. The van der Waals surface area contributed by atoms with Crippen LogP contribution in [0.25, 0.3) is 32.9 Å². The zero-order valence-corrected chi connectivity index (χ0v) is 16.8. The number of nitrogens with zero attached hydrogens (tertiary/aromatic N) is 4. The van der Waals surface area contributed by atoms with Gasteiger partial charge in [0.05, 0.1) is 5.39 Å². The quantitative estimate of drug-likeness (QED) is 0.469. The molecule has 1 aliphatic heterocycles. The molecule has 0 amide bonds. The third kappa shape index (κ3) is 3.17. The maximum atomic E-state index is 15.7. The first kappa shape index (κ1) is 18.5. The minimum absolute atomic E-state index is 0.0121. The van der Waals surface area contributed by atoms with E-state index in [0.29, 0.717) is 21.8 Å². The van der Waals surface area contributed by atoms with E-state index in [1.807, 2.05) is 30.3 Å². The van der Waals surface area contributed by atoms with Crippen molar-refractivity contribution in [2.75, 3.05) is 31.1 Å². The molecular weight excluding hydrogens is 412 g/mol. The Morgan fingerprint density at radius 2 is 1.76 bits per heavy atom. The molecule has 1 saturated heterocycles. The monoisotopic (exact) mass is 427 g/mol. The number of aromatic nitrogens is 3. The SMILES string of the molecule is Fc1c(-c2cccc3cccc(Cl)c23)ncc2c(N3CCNCC3)nc(Cl)nc12. The van der Waals surface area contributed by atoms with Crippen LogP contribution in [0.15, 0.2) is 42.6 Å². The second-order valence-corrected chi connectivity index (χ2v) is 7.63. The Bertz CT molecular complexity index is 1240. The molecule has 1 N–H and O–H groups in total. The molecule has 146 valence electrons. The van der Waals surface area contributed by atoms with Crippen molar-refractivity contribution < 1.29 is 4.39 Å². The van der Waals surface area contributed by atoms with Crippen molar-refractivity contribution >= 4 is 50.7 Å². The summed E-state index contributed by atoms with van der Waals surface area (Å²) in [5.74, 6) is 0.0750. The summed E-state index contributed by atoms with van der Waals surface area (Å²) in [6.45, 7) is 3.16. The van der Waals surface area contributed by atoms with Crippen LogP contribution in [0.2, 0.25) is 10.3 Å². The average molecular weight is 428 g/mol. The molecule has 0 radical (unpaired) electrons. The normalized spacial score (nSPS) is 14.7. The molecule has 0 spiro atoms. The zero-order valence-electron chi connectivity index (χ0n) is 15.3. The summed E-state index contributed by atoms with van der Waals surface area (Å²) in [6.07, 6.45) is 1.62. The summed E-state index contributed by atoms with van der Waals surface area (Å²) in [5.41, 5.74) is 0.968. The predicted octanol–water partition coefficient (Wildman–Crippen LogP) is 4.70. The van der Waals surface area contributed by atoms with Crippen LogP contribution in [-0.2, 0) is 0 Å². The molecule has 0 bridgehead atoms. The first-order valence-electron chi connectivity index (χ1n) is 9.28. The number of anilines is 1. The van der Waals surface area contributed by atoms with E-state index in [4.69, 9.17) is 23.2 Å². The van der Waals surface area contributed by atoms with E-state index in [-0.39, 0.29) is 16.5 Å². The fourth-order valence-corrected chi connectivity index (χ4v) is 4.26. The van der Waals surface area contributed by atoms with Gasteiger partial charge in [0.1, 0.15) is 17.0 Å². The van der Waals surface area contributed by atoms with Gasteiger partial charge >= 0.3 is 0 Å². The van der Waals surface area contributed by atoms with Crippen LogP contribution < -0.4 is 10.2 Å². The molecule has 3 heterocycles. The fraction of sp³-hybridized carbons (Fsp3) is 0.190. The van der Waals surface area contributed by atoms with E-state index < -0.39 is 5.82 Å². The second kappa shape index (κ2) is 7.37. The lowest BCUT2D eigenvalue weighted by molar-refractivity contribution is 0.585. The fourth-order valence-electron chi connectivity index (χ4n) is 3.81. The zero-order chi connectivity index (χ0) is 20.0. The number of halogens is 3. The van der Waals surface area contributed by atoms with Crippen LogP contribution in [0, 0.1) is 5.82 Å². The third-order valence-corrected chi connectivity index (χ3v) is 5.65. The van der Waals surface area contributed by atoms with E-state index >= 15 is 4.39 Å². The van der Waals surface area contributed by atoms with Gasteiger partial charge in [0.25, 0.3) is 0 Å². The van der Waals surface area contributed by atoms with Crippen LogP contribution in [0.4, 0.5) is 10.2 Å². The smallest absolute Gasteiger partial charge is 0.225 e. The molecule has 5 rings (SSSR count). The number of rotatable bonds is 2. The van der Waals surface area contributed by atoms with Crippen molar-refractivity contribution in [3.63, 3.8) is 0 Å². The number of fused-ring (bicyclic) bond motifs is 2. The molecule has 4 aromatic rings. The highest BCUT2D eigenvalue weighted by Crippen LogP contribution is 2.36. The number of nitrogens with one attached hydrogen (secondary N) is 1. The van der Waals surface area contributed by atoms with Gasteiger partial charge in [0, 0.05) is 48.3 Å². The lowest BCUT2D eigenvalue weighted by Crippen LogP contribution is -2.44. The molecule has 0 unspecified atom stereocenters. The van der Waals surface area contributed by atoms with E-state index in [1.54, 1.807) is 12.3 Å². The van der Waals surface area contributed by atoms with Crippen molar-refractivity contribution in [3.8, 4) is 11.3 Å². The Balaban J connectivity index is 1.75. The van der Waals surface area contributed by atoms with Crippen molar-refractivity contribution in [1.29, 1.82) is 0 Å². The van der Waals surface area contributed by atoms with Crippen LogP contribution in [0.5, 0.6) is 0 Å². The van der Waals surface area contributed by atoms with Gasteiger partial charge in [-0.3, -0.25) is 4.98 Å². The molecule has 1 fully saturated rings. The lowest BCUT2D eigenvalue weighted by atomic mass is 10.0. The molecule has 29 heavy (non-hydrogen) atoms. The van der Waals surface area contributed by atoms with Crippen molar-refractivity contribution in [2.24, 2.45) is 0 Å². The Kier molecular flexibility index (Phi) is 4.70. The summed E-state index contributed by atoms with van der Waals surface area (Å²) in [5, 5.41) is 6.06. The average Bonchev–Trinajstić information content (AvgIpc) is 2.74. The molecule has 0 atom stereocenters. The first-order chi connectivity index (χ1) is 14.1.